The number of benzene rings is 2. The van der Waals surface area contributed by atoms with Gasteiger partial charge in [-0.05, 0) is 44.9 Å². The van der Waals surface area contributed by atoms with Crippen molar-refractivity contribution in [3.8, 4) is 0 Å². The van der Waals surface area contributed by atoms with Crippen molar-refractivity contribution in [3.05, 3.63) is 46.5 Å². The van der Waals surface area contributed by atoms with Crippen LogP contribution in [0.2, 0.25) is 0 Å². The predicted octanol–water partition coefficient (Wildman–Crippen LogP) is 10.2. The highest BCUT2D eigenvalue weighted by Crippen LogP contribution is 2.45. The molecule has 32 heavy (non-hydrogen) atoms. The molecular formula is C28H40FO2P. The maximum absolute atomic E-state index is 15.2. The Kier molecular flexibility index (Phi) is 5.96. The summed E-state index contributed by atoms with van der Waals surface area (Å²) in [5.74, 6) is 0. The number of fused-ring (bicyclic) bond motifs is 3. The lowest BCUT2D eigenvalue weighted by molar-refractivity contribution is 0.541. The van der Waals surface area contributed by atoms with Gasteiger partial charge in [0, 0.05) is 21.9 Å². The van der Waals surface area contributed by atoms with Gasteiger partial charge in [-0.1, -0.05) is 95.2 Å². The number of hydrogen-bond donors (Lipinski definition) is 0. The van der Waals surface area contributed by atoms with E-state index in [1.807, 2.05) is 0 Å². The highest BCUT2D eigenvalue weighted by atomic mass is 31.1. The van der Waals surface area contributed by atoms with E-state index in [0.29, 0.717) is 11.2 Å². The summed E-state index contributed by atoms with van der Waals surface area (Å²) >= 11 is 0. The highest BCUT2D eigenvalue weighted by molar-refractivity contribution is 7.31. The Balaban J connectivity index is 2.74. The maximum atomic E-state index is 15.2. The fourth-order valence-electron chi connectivity index (χ4n) is 4.00. The van der Waals surface area contributed by atoms with E-state index in [0.717, 1.165) is 21.9 Å². The number of rotatable bonds is 0. The summed E-state index contributed by atoms with van der Waals surface area (Å²) in [6.07, 6.45) is 0. The zero-order chi connectivity index (χ0) is 24.4. The molecule has 2 aromatic carbocycles. The largest absolute Gasteiger partial charge is 0.430 e. The van der Waals surface area contributed by atoms with Gasteiger partial charge in [0.15, 0.2) is 0 Å². The van der Waals surface area contributed by atoms with Gasteiger partial charge in [-0.25, -0.2) is 0 Å². The second kappa shape index (κ2) is 7.66. The van der Waals surface area contributed by atoms with E-state index in [1.165, 1.54) is 11.1 Å². The third-order valence-corrected chi connectivity index (χ3v) is 6.79. The van der Waals surface area contributed by atoms with Crippen molar-refractivity contribution in [2.45, 2.75) is 105 Å². The van der Waals surface area contributed by atoms with E-state index in [4.69, 9.17) is 8.39 Å². The predicted molar refractivity (Wildman–Crippen MR) is 138 cm³/mol. The first-order valence-electron chi connectivity index (χ1n) is 11.5. The minimum atomic E-state index is -2.59. The van der Waals surface area contributed by atoms with Crippen molar-refractivity contribution in [2.75, 3.05) is 0 Å². The van der Waals surface area contributed by atoms with Crippen molar-refractivity contribution in [1.82, 2.24) is 0 Å². The average molecular weight is 459 g/mol. The molecule has 0 amide bonds. The molecule has 0 fully saturated rings. The molecule has 0 bridgehead atoms. The van der Waals surface area contributed by atoms with E-state index >= 15 is 4.20 Å². The maximum Gasteiger partial charge on any atom is 0.430 e. The minimum absolute atomic E-state index is 0.0582. The molecular weight excluding hydrogens is 418 g/mol. The first-order chi connectivity index (χ1) is 14.3. The van der Waals surface area contributed by atoms with E-state index in [-0.39, 0.29) is 21.7 Å². The second-order valence-electron chi connectivity index (χ2n) is 13.2. The summed E-state index contributed by atoms with van der Waals surface area (Å²) in [4.78, 5) is 0. The lowest BCUT2D eigenvalue weighted by atomic mass is 9.77. The third kappa shape index (κ3) is 4.79. The molecule has 2 nitrogen and oxygen atoms in total. The normalized spacial score (nSPS) is 13.8. The summed E-state index contributed by atoms with van der Waals surface area (Å²) in [6, 6.07) is 8.73. The van der Waals surface area contributed by atoms with Crippen molar-refractivity contribution in [1.29, 1.82) is 0 Å². The molecule has 0 unspecified atom stereocenters. The summed E-state index contributed by atoms with van der Waals surface area (Å²) in [6.45, 7) is 26.2. The van der Waals surface area contributed by atoms with Crippen LogP contribution in [0, 0.1) is 0 Å². The number of halogens is 1. The van der Waals surface area contributed by atoms with Gasteiger partial charge in [-0.2, -0.15) is 0 Å². The summed E-state index contributed by atoms with van der Waals surface area (Å²) in [5.41, 5.74) is 5.14. The minimum Gasteiger partial charge on any atom is -0.396 e. The molecule has 0 saturated heterocycles. The quantitative estimate of drug-likeness (QED) is 0.335. The monoisotopic (exact) mass is 458 g/mol. The average Bonchev–Trinajstić information content (AvgIpc) is 2.71. The molecule has 1 aromatic heterocycles. The summed E-state index contributed by atoms with van der Waals surface area (Å²) < 4.78 is 27.1. The van der Waals surface area contributed by atoms with Crippen LogP contribution in [0.5, 0.6) is 0 Å². The van der Waals surface area contributed by atoms with Gasteiger partial charge in [0.2, 0.25) is 0 Å². The zero-order valence-electron chi connectivity index (χ0n) is 22.0. The van der Waals surface area contributed by atoms with Crippen LogP contribution in [0.3, 0.4) is 0 Å². The van der Waals surface area contributed by atoms with Crippen molar-refractivity contribution in [3.63, 3.8) is 0 Å². The third-order valence-electron chi connectivity index (χ3n) is 6.14. The first-order valence-corrected chi connectivity index (χ1v) is 12.6. The Labute approximate surface area is 194 Å². The Morgan fingerprint density at radius 3 is 1.09 bits per heavy atom. The molecule has 3 rings (SSSR count). The van der Waals surface area contributed by atoms with Crippen LogP contribution in [0.25, 0.3) is 21.9 Å². The van der Waals surface area contributed by atoms with Gasteiger partial charge in [-0.3, -0.25) is 0 Å². The Hall–Kier alpha value is -1.73. The number of hydrogen-bond acceptors (Lipinski definition) is 2. The lowest BCUT2D eigenvalue weighted by Crippen LogP contribution is -2.17. The fourth-order valence-corrected chi connectivity index (χ4v) is 4.71. The van der Waals surface area contributed by atoms with Crippen LogP contribution in [0.1, 0.15) is 105 Å². The summed E-state index contributed by atoms with van der Waals surface area (Å²) in [7, 11) is -2.59. The van der Waals surface area contributed by atoms with Crippen molar-refractivity contribution in [2.24, 2.45) is 0 Å². The molecule has 0 aliphatic heterocycles. The fraction of sp³-hybridized carbons (Fsp3) is 0.571. The van der Waals surface area contributed by atoms with Crippen LogP contribution in [0.4, 0.5) is 4.20 Å². The van der Waals surface area contributed by atoms with E-state index < -0.39 is 8.32 Å². The van der Waals surface area contributed by atoms with Gasteiger partial charge < -0.3 is 8.39 Å². The standard InChI is InChI=1S/C28H40FO2P/c1-25(2,3)17-13-19-20-14-18(26(4,5)6)16-22(28(10,11)12)24(20)31-32(29)30-23(19)21(15-17)27(7,8)9/h13-16H,1-12H3. The van der Waals surface area contributed by atoms with E-state index in [1.54, 1.807) is 0 Å². The Morgan fingerprint density at radius 2 is 0.844 bits per heavy atom. The second-order valence-corrected chi connectivity index (χ2v) is 14.0. The van der Waals surface area contributed by atoms with E-state index in [2.05, 4.69) is 107 Å². The molecule has 0 saturated carbocycles. The molecule has 176 valence electrons. The molecule has 1 heterocycles. The van der Waals surface area contributed by atoms with Crippen LogP contribution in [-0.4, -0.2) is 0 Å². The molecule has 0 aliphatic carbocycles. The van der Waals surface area contributed by atoms with Gasteiger partial charge in [0.05, 0.1) is 0 Å². The molecule has 0 spiro atoms. The van der Waals surface area contributed by atoms with Crippen LogP contribution < -0.4 is 0 Å². The SMILES string of the molecule is CC(C)(C)c1cc(C(C)(C)C)c2op(F)oc3c(C(C)(C)C)cc(C(C)(C)C)cc3c2c1. The first kappa shape index (κ1) is 24.9. The molecule has 0 atom stereocenters. The van der Waals surface area contributed by atoms with Crippen LogP contribution in [0.15, 0.2) is 32.7 Å². The van der Waals surface area contributed by atoms with Gasteiger partial charge in [-0.15, -0.1) is 4.20 Å². The highest BCUT2D eigenvalue weighted by Gasteiger charge is 2.28. The van der Waals surface area contributed by atoms with Crippen molar-refractivity contribution >= 4 is 30.3 Å². The van der Waals surface area contributed by atoms with Crippen LogP contribution in [-0.2, 0) is 21.7 Å². The van der Waals surface area contributed by atoms with E-state index in [9.17, 15) is 0 Å². The van der Waals surface area contributed by atoms with Crippen LogP contribution >= 0.6 is 8.32 Å². The summed E-state index contributed by atoms with van der Waals surface area (Å²) in [5, 5.41) is 1.85. The Morgan fingerprint density at radius 1 is 0.531 bits per heavy atom. The lowest BCUT2D eigenvalue weighted by Gasteiger charge is -2.27. The van der Waals surface area contributed by atoms with Gasteiger partial charge in [0.25, 0.3) is 0 Å². The molecule has 3 aromatic rings. The molecule has 4 heteroatoms. The van der Waals surface area contributed by atoms with Crippen molar-refractivity contribution < 1.29 is 12.6 Å². The molecule has 0 aliphatic rings. The topological polar surface area (TPSA) is 26.3 Å². The van der Waals surface area contributed by atoms with Gasteiger partial charge in [0.1, 0.15) is 11.2 Å². The smallest absolute Gasteiger partial charge is 0.396 e. The zero-order valence-corrected chi connectivity index (χ0v) is 22.8. The molecule has 0 N–H and O–H groups in total. The van der Waals surface area contributed by atoms with Gasteiger partial charge >= 0.3 is 8.32 Å². The molecule has 0 radical (unpaired) electrons. The Bertz CT molecular complexity index is 1110.